The van der Waals surface area contributed by atoms with Crippen LogP contribution in [0, 0.1) is 6.92 Å². The Hall–Kier alpha value is -2.38. The Balaban J connectivity index is 1.86. The van der Waals surface area contributed by atoms with Gasteiger partial charge in [0.05, 0.1) is 17.6 Å². The van der Waals surface area contributed by atoms with Crippen molar-refractivity contribution in [2.24, 2.45) is 0 Å². The van der Waals surface area contributed by atoms with Gasteiger partial charge < -0.3 is 20.0 Å². The number of imidazole rings is 1. The molecule has 0 aliphatic heterocycles. The van der Waals surface area contributed by atoms with Crippen LogP contribution in [0.1, 0.15) is 26.5 Å². The van der Waals surface area contributed by atoms with Gasteiger partial charge in [0, 0.05) is 28.5 Å². The highest BCUT2D eigenvalue weighted by molar-refractivity contribution is 7.11. The third-order valence-corrected chi connectivity index (χ3v) is 4.76. The highest BCUT2D eigenvalue weighted by Crippen LogP contribution is 2.19. The smallest absolute Gasteiger partial charge is 0.323 e. The zero-order valence-corrected chi connectivity index (χ0v) is 14.2. The topological polar surface area (TPSA) is 89.2 Å². The van der Waals surface area contributed by atoms with Crippen molar-refractivity contribution in [3.63, 3.8) is 0 Å². The predicted octanol–water partition coefficient (Wildman–Crippen LogP) is 2.25. The lowest BCUT2D eigenvalue weighted by molar-refractivity contribution is 0.0734. The first-order chi connectivity index (χ1) is 11.6. The first-order valence-electron chi connectivity index (χ1n) is 7.74. The number of nitrogens with zero attached hydrogens (tertiary/aromatic N) is 1. The largest absolute Gasteiger partial charge is 0.396 e. The van der Waals surface area contributed by atoms with E-state index >= 15 is 0 Å². The number of fused-ring (bicyclic) bond motifs is 1. The molecule has 2 heterocycles. The van der Waals surface area contributed by atoms with E-state index in [0.29, 0.717) is 36.1 Å². The van der Waals surface area contributed by atoms with Gasteiger partial charge in [0.2, 0.25) is 0 Å². The van der Waals surface area contributed by atoms with Crippen LogP contribution in [0.3, 0.4) is 0 Å². The molecule has 3 rings (SSSR count). The maximum absolute atomic E-state index is 12.9. The quantitative estimate of drug-likeness (QED) is 0.640. The normalized spacial score (nSPS) is 11.1. The van der Waals surface area contributed by atoms with Crippen LogP contribution < -0.4 is 5.69 Å². The number of aromatic nitrogens is 2. The molecule has 7 heteroatoms. The number of rotatable bonds is 6. The predicted molar refractivity (Wildman–Crippen MR) is 94.4 cm³/mol. The number of nitrogens with one attached hydrogen (secondary N) is 2. The van der Waals surface area contributed by atoms with Crippen molar-refractivity contribution in [1.29, 1.82) is 0 Å². The summed E-state index contributed by atoms with van der Waals surface area (Å²) >= 11 is 1.66. The lowest BCUT2D eigenvalue weighted by Crippen LogP contribution is -2.31. The second kappa shape index (κ2) is 7.02. The maximum atomic E-state index is 12.9. The molecule has 0 spiro atoms. The fourth-order valence-corrected chi connectivity index (χ4v) is 3.53. The van der Waals surface area contributed by atoms with Crippen LogP contribution in [0.5, 0.6) is 0 Å². The summed E-state index contributed by atoms with van der Waals surface area (Å²) in [5, 5.41) is 9.10. The van der Waals surface area contributed by atoms with E-state index in [-0.39, 0.29) is 18.2 Å². The minimum absolute atomic E-state index is 0.0391. The summed E-state index contributed by atoms with van der Waals surface area (Å²) in [4.78, 5) is 33.6. The maximum Gasteiger partial charge on any atom is 0.323 e. The summed E-state index contributed by atoms with van der Waals surface area (Å²) in [5.74, 6) is -0.113. The van der Waals surface area contributed by atoms with Gasteiger partial charge in [0.15, 0.2) is 0 Å². The molecular weight excluding hydrogens is 326 g/mol. The molecule has 0 unspecified atom stereocenters. The number of benzene rings is 1. The van der Waals surface area contributed by atoms with Gasteiger partial charge in [-0.05, 0) is 43.7 Å². The summed E-state index contributed by atoms with van der Waals surface area (Å²) < 4.78 is 0. The van der Waals surface area contributed by atoms with Crippen molar-refractivity contribution >= 4 is 28.3 Å². The van der Waals surface area contributed by atoms with Crippen molar-refractivity contribution in [3.8, 4) is 0 Å². The zero-order chi connectivity index (χ0) is 17.1. The fourth-order valence-electron chi connectivity index (χ4n) is 2.62. The highest BCUT2D eigenvalue weighted by atomic mass is 32.1. The standard InChI is InChI=1S/C17H19N3O3S/c1-11-3-5-13(24-11)10-20(7-2-8-21)16(22)12-4-6-14-15(9-12)19-17(23)18-14/h3-6,9,21H,2,7-8,10H2,1H3,(H2,18,19,23). The summed E-state index contributed by atoms with van der Waals surface area (Å²) in [6.07, 6.45) is 0.527. The first-order valence-corrected chi connectivity index (χ1v) is 8.56. The molecule has 0 aliphatic rings. The number of thiophene rings is 1. The van der Waals surface area contributed by atoms with Crippen LogP contribution in [0.2, 0.25) is 0 Å². The zero-order valence-electron chi connectivity index (χ0n) is 13.3. The Morgan fingerprint density at radius 1 is 1.21 bits per heavy atom. The average Bonchev–Trinajstić information content (AvgIpc) is 3.14. The van der Waals surface area contributed by atoms with Gasteiger partial charge in [-0.1, -0.05) is 0 Å². The van der Waals surface area contributed by atoms with Crippen molar-refractivity contribution in [3.05, 3.63) is 56.1 Å². The molecule has 0 saturated carbocycles. The molecule has 126 valence electrons. The lowest BCUT2D eigenvalue weighted by Gasteiger charge is -2.22. The van der Waals surface area contributed by atoms with Crippen molar-refractivity contribution < 1.29 is 9.90 Å². The Labute approximate surface area is 142 Å². The number of hydrogen-bond acceptors (Lipinski definition) is 4. The van der Waals surface area contributed by atoms with Gasteiger partial charge in [-0.3, -0.25) is 4.79 Å². The van der Waals surface area contributed by atoms with E-state index in [1.165, 1.54) is 4.88 Å². The molecule has 3 aromatic rings. The molecule has 6 nitrogen and oxygen atoms in total. The number of aryl methyl sites for hydroxylation is 1. The monoisotopic (exact) mass is 345 g/mol. The van der Waals surface area contributed by atoms with E-state index in [4.69, 9.17) is 5.11 Å². The average molecular weight is 345 g/mol. The minimum atomic E-state index is -0.291. The van der Waals surface area contributed by atoms with Crippen LogP contribution in [-0.4, -0.2) is 39.0 Å². The molecule has 0 bridgehead atoms. The third kappa shape index (κ3) is 3.58. The van der Waals surface area contributed by atoms with E-state index in [1.807, 2.05) is 19.1 Å². The second-order valence-corrected chi connectivity index (χ2v) is 7.03. The molecule has 24 heavy (non-hydrogen) atoms. The van der Waals surface area contributed by atoms with Gasteiger partial charge in [0.1, 0.15) is 0 Å². The van der Waals surface area contributed by atoms with Crippen molar-refractivity contribution in [2.45, 2.75) is 19.9 Å². The van der Waals surface area contributed by atoms with Crippen molar-refractivity contribution in [1.82, 2.24) is 14.9 Å². The third-order valence-electron chi connectivity index (χ3n) is 3.78. The Morgan fingerprint density at radius 3 is 2.71 bits per heavy atom. The van der Waals surface area contributed by atoms with Crippen LogP contribution >= 0.6 is 11.3 Å². The molecule has 0 atom stereocenters. The second-order valence-electron chi connectivity index (χ2n) is 5.66. The van der Waals surface area contributed by atoms with Gasteiger partial charge in [-0.25, -0.2) is 4.79 Å². The Kier molecular flexibility index (Phi) is 4.82. The number of H-pyrrole nitrogens is 2. The summed E-state index contributed by atoms with van der Waals surface area (Å²) in [7, 11) is 0. The van der Waals surface area contributed by atoms with Gasteiger partial charge in [-0.2, -0.15) is 0 Å². The van der Waals surface area contributed by atoms with Crippen LogP contribution in [0.15, 0.2) is 35.1 Å². The molecule has 0 aliphatic carbocycles. The van der Waals surface area contributed by atoms with Crippen molar-refractivity contribution in [2.75, 3.05) is 13.2 Å². The summed E-state index contributed by atoms with van der Waals surface area (Å²) in [6, 6.07) is 9.17. The number of amides is 1. The Morgan fingerprint density at radius 2 is 2.00 bits per heavy atom. The summed E-state index contributed by atoms with van der Waals surface area (Å²) in [6.45, 7) is 3.06. The highest BCUT2D eigenvalue weighted by Gasteiger charge is 2.17. The van der Waals surface area contributed by atoms with Gasteiger partial charge in [-0.15, -0.1) is 11.3 Å². The number of aliphatic hydroxyl groups excluding tert-OH is 1. The van der Waals surface area contributed by atoms with E-state index in [9.17, 15) is 9.59 Å². The van der Waals surface area contributed by atoms with Gasteiger partial charge >= 0.3 is 5.69 Å². The number of hydrogen-bond donors (Lipinski definition) is 3. The number of carbonyl (C=O) groups is 1. The first kappa shape index (κ1) is 16.5. The fraction of sp³-hybridized carbons (Fsp3) is 0.294. The molecule has 0 saturated heterocycles. The van der Waals surface area contributed by atoms with Crippen LogP contribution in [-0.2, 0) is 6.54 Å². The number of aromatic amines is 2. The van der Waals surface area contributed by atoms with Gasteiger partial charge in [0.25, 0.3) is 5.91 Å². The van der Waals surface area contributed by atoms with E-state index in [1.54, 1.807) is 34.4 Å². The van der Waals surface area contributed by atoms with E-state index in [2.05, 4.69) is 9.97 Å². The van der Waals surface area contributed by atoms with E-state index in [0.717, 1.165) is 4.88 Å². The minimum Gasteiger partial charge on any atom is -0.396 e. The molecule has 3 N–H and O–H groups in total. The molecule has 0 fully saturated rings. The van der Waals surface area contributed by atoms with Crippen LogP contribution in [0.25, 0.3) is 11.0 Å². The SMILES string of the molecule is Cc1ccc(CN(CCCO)C(=O)c2ccc3[nH]c(=O)[nH]c3c2)s1. The summed E-state index contributed by atoms with van der Waals surface area (Å²) in [5.41, 5.74) is 1.51. The molecule has 2 aromatic heterocycles. The Bertz CT molecular complexity index is 909. The molecule has 1 amide bonds. The lowest BCUT2D eigenvalue weighted by atomic mass is 10.1. The van der Waals surface area contributed by atoms with E-state index < -0.39 is 0 Å². The molecule has 0 radical (unpaired) electrons. The number of carbonyl (C=O) groups excluding carboxylic acids is 1. The molecule has 1 aromatic carbocycles. The molecular formula is C17H19N3O3S. The number of aliphatic hydroxyl groups is 1. The van der Waals surface area contributed by atoms with Crippen LogP contribution in [0.4, 0.5) is 0 Å².